The third-order valence-corrected chi connectivity index (χ3v) is 10.6. The van der Waals surface area contributed by atoms with Crippen molar-refractivity contribution in [1.29, 1.82) is 0 Å². The van der Waals surface area contributed by atoms with Gasteiger partial charge >= 0.3 is 0 Å². The molecule has 2 N–H and O–H groups in total. The van der Waals surface area contributed by atoms with Crippen molar-refractivity contribution in [3.05, 3.63) is 22.5 Å². The van der Waals surface area contributed by atoms with Crippen LogP contribution in [0, 0.1) is 48.3 Å². The molecule has 0 amide bonds. The van der Waals surface area contributed by atoms with Crippen LogP contribution in [0.3, 0.4) is 0 Å². The summed E-state index contributed by atoms with van der Waals surface area (Å²) in [5.41, 5.74) is 5.13. The number of rotatable bonds is 2. The highest BCUT2D eigenvalue weighted by atomic mass is 16.3. The molecule has 1 aromatic rings. The third kappa shape index (κ3) is 3.11. The number of hydrogen-bond donors (Lipinski definition) is 2. The second-order valence-electron chi connectivity index (χ2n) is 11.9. The molecule has 0 unspecified atom stereocenters. The standard InChI is InChI=1S/C27H42N2O2/c1-6-29-17(3)22(16(2)28-29)13-18-14-24-21-8-7-19-15-20(30)9-11-26(19,4)23(21)10-12-27(24,5)25(18)31/h13,19-21,23-25,30-31H,6-12,14-15H2,1-5H3/b18-13-/t19-,20+,21-,23+,24+,25-,26+,27+/m1/s1. The maximum Gasteiger partial charge on any atom is 0.0809 e. The van der Waals surface area contributed by atoms with Crippen LogP contribution in [0.5, 0.6) is 0 Å². The van der Waals surface area contributed by atoms with Crippen molar-refractivity contribution in [2.75, 3.05) is 0 Å². The van der Waals surface area contributed by atoms with Crippen molar-refractivity contribution in [2.45, 2.75) is 105 Å². The Kier molecular flexibility index (Phi) is 5.21. The van der Waals surface area contributed by atoms with Gasteiger partial charge in [-0.15, -0.1) is 0 Å². The van der Waals surface area contributed by atoms with Crippen molar-refractivity contribution < 1.29 is 10.2 Å². The molecule has 4 aliphatic carbocycles. The fourth-order valence-electron chi connectivity index (χ4n) is 8.65. The lowest BCUT2D eigenvalue weighted by atomic mass is 9.45. The number of aryl methyl sites for hydroxylation is 2. The number of hydrogen-bond acceptors (Lipinski definition) is 3. The lowest BCUT2D eigenvalue weighted by Gasteiger charge is -2.60. The van der Waals surface area contributed by atoms with Gasteiger partial charge in [0, 0.05) is 23.2 Å². The van der Waals surface area contributed by atoms with E-state index in [2.05, 4.69) is 45.4 Å². The molecule has 5 rings (SSSR count). The van der Waals surface area contributed by atoms with Crippen LogP contribution in [-0.4, -0.2) is 32.2 Å². The number of fused-ring (bicyclic) bond motifs is 5. The largest absolute Gasteiger partial charge is 0.393 e. The van der Waals surface area contributed by atoms with Crippen molar-refractivity contribution in [3.8, 4) is 0 Å². The Balaban J connectivity index is 1.46. The lowest BCUT2D eigenvalue weighted by molar-refractivity contribution is -0.133. The van der Waals surface area contributed by atoms with E-state index >= 15 is 0 Å². The number of aromatic nitrogens is 2. The molecule has 0 spiro atoms. The summed E-state index contributed by atoms with van der Waals surface area (Å²) in [6.45, 7) is 12.2. The maximum atomic E-state index is 11.5. The van der Waals surface area contributed by atoms with Crippen LogP contribution in [0.4, 0.5) is 0 Å². The molecule has 4 fully saturated rings. The van der Waals surface area contributed by atoms with Crippen molar-refractivity contribution in [2.24, 2.45) is 34.5 Å². The molecule has 1 heterocycles. The van der Waals surface area contributed by atoms with Gasteiger partial charge in [-0.2, -0.15) is 5.10 Å². The molecule has 0 radical (unpaired) electrons. The normalized spacial score (nSPS) is 46.0. The molecule has 8 atom stereocenters. The average molecular weight is 427 g/mol. The zero-order chi connectivity index (χ0) is 22.1. The van der Waals surface area contributed by atoms with E-state index in [0.717, 1.165) is 49.8 Å². The Morgan fingerprint density at radius 1 is 1.03 bits per heavy atom. The van der Waals surface area contributed by atoms with Crippen molar-refractivity contribution in [1.82, 2.24) is 9.78 Å². The summed E-state index contributed by atoms with van der Waals surface area (Å²) >= 11 is 0. The predicted octanol–water partition coefficient (Wildman–Crippen LogP) is 5.28. The second-order valence-corrected chi connectivity index (χ2v) is 11.9. The van der Waals surface area contributed by atoms with E-state index in [1.54, 1.807) is 0 Å². The van der Waals surface area contributed by atoms with Crippen LogP contribution in [0.1, 0.15) is 89.1 Å². The van der Waals surface area contributed by atoms with Gasteiger partial charge < -0.3 is 10.2 Å². The monoisotopic (exact) mass is 426 g/mol. The van der Waals surface area contributed by atoms with E-state index in [-0.39, 0.29) is 17.6 Å². The van der Waals surface area contributed by atoms with E-state index < -0.39 is 0 Å². The molecule has 4 aliphatic rings. The van der Waals surface area contributed by atoms with E-state index in [4.69, 9.17) is 5.10 Å². The highest BCUT2D eigenvalue weighted by molar-refractivity contribution is 5.59. The Morgan fingerprint density at radius 2 is 1.77 bits per heavy atom. The highest BCUT2D eigenvalue weighted by Gasteiger charge is 2.61. The molecule has 1 aromatic heterocycles. The van der Waals surface area contributed by atoms with Gasteiger partial charge in [-0.25, -0.2) is 0 Å². The van der Waals surface area contributed by atoms with Crippen molar-refractivity contribution >= 4 is 6.08 Å². The Hall–Kier alpha value is -1.13. The molecule has 0 saturated heterocycles. The first-order valence-electron chi connectivity index (χ1n) is 12.8. The first-order chi connectivity index (χ1) is 14.7. The first-order valence-corrected chi connectivity index (χ1v) is 12.8. The van der Waals surface area contributed by atoms with Crippen LogP contribution in [0.25, 0.3) is 6.08 Å². The summed E-state index contributed by atoms with van der Waals surface area (Å²) in [5, 5.41) is 26.5. The average Bonchev–Trinajstić information content (AvgIpc) is 3.16. The molecular weight excluding hydrogens is 384 g/mol. The molecule has 4 heteroatoms. The fraction of sp³-hybridized carbons (Fsp3) is 0.815. The van der Waals surface area contributed by atoms with Gasteiger partial charge in [0.1, 0.15) is 0 Å². The predicted molar refractivity (Wildman–Crippen MR) is 124 cm³/mol. The summed E-state index contributed by atoms with van der Waals surface area (Å²) in [5.74, 6) is 2.75. The van der Waals surface area contributed by atoms with E-state index in [1.165, 1.54) is 42.5 Å². The van der Waals surface area contributed by atoms with Gasteiger partial charge in [-0.05, 0) is 113 Å². The molecule has 4 saturated carbocycles. The van der Waals surface area contributed by atoms with Crippen LogP contribution >= 0.6 is 0 Å². The van der Waals surface area contributed by atoms with Crippen molar-refractivity contribution in [3.63, 3.8) is 0 Å². The third-order valence-electron chi connectivity index (χ3n) is 10.6. The van der Waals surface area contributed by atoms with Gasteiger partial charge in [0.25, 0.3) is 0 Å². The summed E-state index contributed by atoms with van der Waals surface area (Å²) < 4.78 is 2.08. The summed E-state index contributed by atoms with van der Waals surface area (Å²) in [6.07, 6.45) is 11.0. The summed E-state index contributed by atoms with van der Waals surface area (Å²) in [4.78, 5) is 0. The number of nitrogens with zero attached hydrogens (tertiary/aromatic N) is 2. The lowest BCUT2D eigenvalue weighted by Crippen LogP contribution is -2.54. The molecular formula is C27H42N2O2. The topological polar surface area (TPSA) is 58.3 Å². The van der Waals surface area contributed by atoms with Crippen LogP contribution < -0.4 is 0 Å². The Bertz CT molecular complexity index is 888. The van der Waals surface area contributed by atoms with E-state index in [0.29, 0.717) is 17.3 Å². The maximum absolute atomic E-state index is 11.5. The summed E-state index contributed by atoms with van der Waals surface area (Å²) in [7, 11) is 0. The molecule has 0 aromatic carbocycles. The molecule has 31 heavy (non-hydrogen) atoms. The molecule has 0 aliphatic heterocycles. The fourth-order valence-corrected chi connectivity index (χ4v) is 8.65. The van der Waals surface area contributed by atoms with Gasteiger partial charge in [-0.1, -0.05) is 13.8 Å². The van der Waals surface area contributed by atoms with Gasteiger partial charge in [-0.3, -0.25) is 4.68 Å². The van der Waals surface area contributed by atoms with E-state index in [9.17, 15) is 10.2 Å². The van der Waals surface area contributed by atoms with Gasteiger partial charge in [0.2, 0.25) is 0 Å². The van der Waals surface area contributed by atoms with Gasteiger partial charge in [0.05, 0.1) is 17.9 Å². The Labute approximate surface area is 188 Å². The van der Waals surface area contributed by atoms with Gasteiger partial charge in [0.15, 0.2) is 0 Å². The summed E-state index contributed by atoms with van der Waals surface area (Å²) in [6, 6.07) is 0. The minimum Gasteiger partial charge on any atom is -0.393 e. The zero-order valence-electron chi connectivity index (χ0n) is 20.2. The smallest absolute Gasteiger partial charge is 0.0809 e. The van der Waals surface area contributed by atoms with E-state index in [1.807, 2.05) is 0 Å². The molecule has 172 valence electrons. The molecule has 4 nitrogen and oxygen atoms in total. The minimum absolute atomic E-state index is 0.00688. The first kappa shape index (κ1) is 21.7. The molecule has 0 bridgehead atoms. The van der Waals surface area contributed by atoms with Crippen LogP contribution in [-0.2, 0) is 6.54 Å². The highest BCUT2D eigenvalue weighted by Crippen LogP contribution is 2.67. The van der Waals surface area contributed by atoms with Crippen LogP contribution in [0.15, 0.2) is 5.57 Å². The zero-order valence-corrected chi connectivity index (χ0v) is 20.2. The number of aliphatic hydroxyl groups excluding tert-OH is 2. The minimum atomic E-state index is -0.332. The second kappa shape index (κ2) is 7.45. The quantitative estimate of drug-likeness (QED) is 0.677. The number of aliphatic hydroxyl groups is 2. The SMILES string of the molecule is CCn1nc(C)c(/C=C2/C[C@H]3[C@@H]4CC[C@@H]5C[C@@H](O)CC[C@]5(C)[C@H]4CC[C@]3(C)[C@@H]2O)c1C. The van der Waals surface area contributed by atoms with Crippen LogP contribution in [0.2, 0.25) is 0 Å². The Morgan fingerprint density at radius 3 is 2.48 bits per heavy atom.